The molecule has 0 fully saturated rings. The Morgan fingerprint density at radius 1 is 1.22 bits per heavy atom. The van der Waals surface area contributed by atoms with Crippen molar-refractivity contribution in [3.63, 3.8) is 0 Å². The Bertz CT molecular complexity index is 560. The molecule has 2 heterocycles. The van der Waals surface area contributed by atoms with Crippen LogP contribution in [0.1, 0.15) is 10.7 Å². The molecular formula is C10H14N4O2S2. The van der Waals surface area contributed by atoms with Crippen molar-refractivity contribution in [2.75, 3.05) is 20.8 Å². The minimum absolute atomic E-state index is 0.431. The molecule has 2 rings (SSSR count). The van der Waals surface area contributed by atoms with E-state index in [9.17, 15) is 0 Å². The van der Waals surface area contributed by atoms with Gasteiger partial charge in [-0.2, -0.15) is 4.98 Å². The predicted octanol–water partition coefficient (Wildman–Crippen LogP) is 1.93. The molecule has 0 aliphatic rings. The van der Waals surface area contributed by atoms with Crippen LogP contribution in [0.3, 0.4) is 0 Å². The second kappa shape index (κ2) is 6.19. The molecule has 2 aromatic rings. The van der Waals surface area contributed by atoms with Gasteiger partial charge in [0.05, 0.1) is 28.8 Å². The van der Waals surface area contributed by atoms with Crippen LogP contribution in [0, 0.1) is 4.77 Å². The van der Waals surface area contributed by atoms with Crippen LogP contribution in [0.15, 0.2) is 0 Å². The Morgan fingerprint density at radius 3 is 2.67 bits per heavy atom. The van der Waals surface area contributed by atoms with Crippen LogP contribution in [0.25, 0.3) is 10.7 Å². The highest BCUT2D eigenvalue weighted by Gasteiger charge is 2.15. The van der Waals surface area contributed by atoms with Crippen molar-refractivity contribution < 1.29 is 9.47 Å². The van der Waals surface area contributed by atoms with Gasteiger partial charge in [0, 0.05) is 20.6 Å². The van der Waals surface area contributed by atoms with Crippen LogP contribution in [0.4, 0.5) is 0 Å². The second-order valence-corrected chi connectivity index (χ2v) is 5.05. The van der Waals surface area contributed by atoms with E-state index in [0.29, 0.717) is 23.8 Å². The zero-order chi connectivity index (χ0) is 13.0. The number of ether oxygens (including phenoxy) is 2. The third kappa shape index (κ3) is 3.02. The van der Waals surface area contributed by atoms with Crippen LogP contribution in [-0.4, -0.2) is 41.0 Å². The summed E-state index contributed by atoms with van der Waals surface area (Å²) in [6.45, 7) is 1.10. The smallest absolute Gasteiger partial charge is 0.213 e. The molecule has 6 nitrogen and oxygen atoms in total. The summed E-state index contributed by atoms with van der Waals surface area (Å²) in [7, 11) is 3.32. The minimum atomic E-state index is 0.431. The SMILES string of the molecule is COCCc1nc(COC)c(-c2nc(=S)[nH][nH]2)s1. The fraction of sp³-hybridized carbons (Fsp3) is 0.500. The lowest BCUT2D eigenvalue weighted by atomic mass is 10.3. The molecule has 8 heteroatoms. The lowest BCUT2D eigenvalue weighted by molar-refractivity contribution is 0.181. The maximum absolute atomic E-state index is 5.15. The zero-order valence-electron chi connectivity index (χ0n) is 10.1. The van der Waals surface area contributed by atoms with E-state index in [1.54, 1.807) is 25.6 Å². The molecule has 0 atom stereocenters. The van der Waals surface area contributed by atoms with Crippen molar-refractivity contribution >= 4 is 23.6 Å². The van der Waals surface area contributed by atoms with Crippen molar-refractivity contribution in [1.29, 1.82) is 0 Å². The highest BCUT2D eigenvalue weighted by molar-refractivity contribution is 7.71. The zero-order valence-corrected chi connectivity index (χ0v) is 11.8. The molecule has 0 saturated carbocycles. The third-order valence-corrected chi connectivity index (χ3v) is 3.62. The normalized spacial score (nSPS) is 11.0. The van der Waals surface area contributed by atoms with E-state index in [-0.39, 0.29) is 0 Å². The summed E-state index contributed by atoms with van der Waals surface area (Å²) < 4.78 is 10.6. The Kier molecular flexibility index (Phi) is 4.59. The first-order valence-electron chi connectivity index (χ1n) is 5.36. The van der Waals surface area contributed by atoms with Gasteiger partial charge in [-0.25, -0.2) is 4.98 Å². The molecule has 0 amide bonds. The molecule has 0 bridgehead atoms. The first-order valence-corrected chi connectivity index (χ1v) is 6.58. The van der Waals surface area contributed by atoms with E-state index in [0.717, 1.165) is 22.0 Å². The Morgan fingerprint density at radius 2 is 2.06 bits per heavy atom. The molecule has 0 radical (unpaired) electrons. The van der Waals surface area contributed by atoms with Crippen molar-refractivity contribution in [2.45, 2.75) is 13.0 Å². The number of nitrogens with one attached hydrogen (secondary N) is 2. The largest absolute Gasteiger partial charge is 0.384 e. The first-order chi connectivity index (χ1) is 8.74. The summed E-state index contributed by atoms with van der Waals surface area (Å²) in [6.07, 6.45) is 0.781. The maximum Gasteiger partial charge on any atom is 0.213 e. The molecule has 0 aliphatic heterocycles. The summed E-state index contributed by atoms with van der Waals surface area (Å²) in [5.41, 5.74) is 0.867. The van der Waals surface area contributed by atoms with Gasteiger partial charge in [-0.1, -0.05) is 0 Å². The van der Waals surface area contributed by atoms with Gasteiger partial charge in [0.2, 0.25) is 4.77 Å². The molecule has 2 N–H and O–H groups in total. The quantitative estimate of drug-likeness (QED) is 0.794. The van der Waals surface area contributed by atoms with Crippen LogP contribution in [-0.2, 0) is 22.5 Å². The Labute approximate surface area is 113 Å². The van der Waals surface area contributed by atoms with Crippen LogP contribution < -0.4 is 0 Å². The highest BCUT2D eigenvalue weighted by atomic mass is 32.1. The fourth-order valence-corrected chi connectivity index (χ4v) is 2.63. The molecule has 0 saturated heterocycles. The van der Waals surface area contributed by atoms with E-state index in [1.165, 1.54) is 0 Å². The number of methoxy groups -OCH3 is 2. The molecular weight excluding hydrogens is 272 g/mol. The molecule has 0 unspecified atom stereocenters. The molecule has 98 valence electrons. The molecule has 0 spiro atoms. The van der Waals surface area contributed by atoms with Gasteiger partial charge in [-0.3, -0.25) is 10.2 Å². The Balaban J connectivity index is 2.31. The van der Waals surface area contributed by atoms with Crippen LogP contribution in [0.5, 0.6) is 0 Å². The first kappa shape index (κ1) is 13.3. The molecule has 0 aromatic carbocycles. The number of aromatic nitrogens is 4. The molecule has 0 aliphatic carbocycles. The summed E-state index contributed by atoms with van der Waals surface area (Å²) in [5.74, 6) is 0.702. The van der Waals surface area contributed by atoms with Gasteiger partial charge in [0.25, 0.3) is 0 Å². The maximum atomic E-state index is 5.15. The lowest BCUT2D eigenvalue weighted by Crippen LogP contribution is -1.95. The molecule has 18 heavy (non-hydrogen) atoms. The summed E-state index contributed by atoms with van der Waals surface area (Å²) >= 11 is 6.53. The van der Waals surface area contributed by atoms with Gasteiger partial charge in [0.1, 0.15) is 0 Å². The number of hydrogen-bond acceptors (Lipinski definition) is 6. The average molecular weight is 286 g/mol. The van der Waals surface area contributed by atoms with Crippen molar-refractivity contribution in [3.8, 4) is 10.7 Å². The van der Waals surface area contributed by atoms with Gasteiger partial charge in [0.15, 0.2) is 5.82 Å². The van der Waals surface area contributed by atoms with Crippen LogP contribution in [0.2, 0.25) is 0 Å². The number of thiazole rings is 1. The second-order valence-electron chi connectivity index (χ2n) is 3.57. The van der Waals surface area contributed by atoms with Gasteiger partial charge < -0.3 is 9.47 Å². The fourth-order valence-electron chi connectivity index (χ4n) is 1.49. The highest BCUT2D eigenvalue weighted by Crippen LogP contribution is 2.28. The van der Waals surface area contributed by atoms with E-state index in [4.69, 9.17) is 21.7 Å². The summed E-state index contributed by atoms with van der Waals surface area (Å²) in [6, 6.07) is 0. The van der Waals surface area contributed by atoms with E-state index in [2.05, 4.69) is 20.2 Å². The Hall–Kier alpha value is -1.09. The van der Waals surface area contributed by atoms with Gasteiger partial charge >= 0.3 is 0 Å². The monoisotopic (exact) mass is 286 g/mol. The van der Waals surface area contributed by atoms with E-state index >= 15 is 0 Å². The number of nitrogens with zero attached hydrogens (tertiary/aromatic N) is 2. The van der Waals surface area contributed by atoms with Crippen molar-refractivity contribution in [2.24, 2.45) is 0 Å². The summed E-state index contributed by atoms with van der Waals surface area (Å²) in [4.78, 5) is 9.69. The lowest BCUT2D eigenvalue weighted by Gasteiger charge is -1.96. The van der Waals surface area contributed by atoms with Gasteiger partial charge in [-0.05, 0) is 12.2 Å². The number of hydrogen-bond donors (Lipinski definition) is 2. The van der Waals surface area contributed by atoms with Crippen molar-refractivity contribution in [1.82, 2.24) is 20.2 Å². The third-order valence-electron chi connectivity index (χ3n) is 2.26. The topological polar surface area (TPSA) is 75.8 Å². The van der Waals surface area contributed by atoms with E-state index < -0.39 is 0 Å². The van der Waals surface area contributed by atoms with Crippen LogP contribution >= 0.6 is 23.6 Å². The number of aromatic amines is 2. The van der Waals surface area contributed by atoms with E-state index in [1.807, 2.05) is 0 Å². The number of rotatable bonds is 6. The van der Waals surface area contributed by atoms with Crippen molar-refractivity contribution in [3.05, 3.63) is 15.5 Å². The standard InChI is InChI=1S/C10H14N4O2S2/c1-15-4-3-7-11-6(5-16-2)8(18-7)9-12-10(17)14-13-9/h3-5H2,1-2H3,(H2,12,13,14,17). The van der Waals surface area contributed by atoms with Gasteiger partial charge in [-0.15, -0.1) is 11.3 Å². The average Bonchev–Trinajstić information content (AvgIpc) is 2.93. The number of H-pyrrole nitrogens is 2. The predicted molar refractivity (Wildman–Crippen MR) is 71.2 cm³/mol. The summed E-state index contributed by atoms with van der Waals surface area (Å²) in [5, 5.41) is 6.72. The minimum Gasteiger partial charge on any atom is -0.384 e. The molecule has 2 aromatic heterocycles.